The van der Waals surface area contributed by atoms with Crippen LogP contribution in [-0.2, 0) is 6.54 Å². The maximum absolute atomic E-state index is 12.8. The molecule has 2 aromatic carbocycles. The lowest BCUT2D eigenvalue weighted by Gasteiger charge is -2.12. The standard InChI is InChI=1S/C24H25N3O2S/c1-16-7-8-17(2)21(14-16)30-23-20(6-5-13-25-23)22(28)26-15-18-9-11-19(12-10-18)24(29)27(3)4/h5-14H,15H2,1-4H3,(H,26,28). The summed E-state index contributed by atoms with van der Waals surface area (Å²) in [6.45, 7) is 4.47. The zero-order chi connectivity index (χ0) is 21.7. The number of nitrogens with one attached hydrogen (secondary N) is 1. The number of hydrogen-bond acceptors (Lipinski definition) is 4. The van der Waals surface area contributed by atoms with Crippen molar-refractivity contribution in [2.24, 2.45) is 0 Å². The maximum Gasteiger partial charge on any atom is 0.254 e. The highest BCUT2D eigenvalue weighted by Crippen LogP contribution is 2.31. The lowest BCUT2D eigenvalue weighted by Crippen LogP contribution is -2.24. The molecular formula is C24H25N3O2S. The molecule has 5 nitrogen and oxygen atoms in total. The largest absolute Gasteiger partial charge is 0.348 e. The van der Waals surface area contributed by atoms with E-state index in [4.69, 9.17) is 0 Å². The van der Waals surface area contributed by atoms with Crippen molar-refractivity contribution in [2.75, 3.05) is 14.1 Å². The zero-order valence-electron chi connectivity index (χ0n) is 17.6. The van der Waals surface area contributed by atoms with Gasteiger partial charge < -0.3 is 10.2 Å². The molecule has 2 amide bonds. The van der Waals surface area contributed by atoms with Gasteiger partial charge in [-0.25, -0.2) is 4.98 Å². The number of carbonyl (C=O) groups is 2. The maximum atomic E-state index is 12.8. The Hall–Kier alpha value is -3.12. The van der Waals surface area contributed by atoms with E-state index in [9.17, 15) is 9.59 Å². The summed E-state index contributed by atoms with van der Waals surface area (Å²) in [6, 6.07) is 17.1. The van der Waals surface area contributed by atoms with Crippen molar-refractivity contribution < 1.29 is 9.59 Å². The van der Waals surface area contributed by atoms with E-state index in [0.29, 0.717) is 22.7 Å². The van der Waals surface area contributed by atoms with Crippen LogP contribution in [0.15, 0.2) is 70.7 Å². The summed E-state index contributed by atoms with van der Waals surface area (Å²) in [5, 5.41) is 3.63. The summed E-state index contributed by atoms with van der Waals surface area (Å²) >= 11 is 1.50. The van der Waals surface area contributed by atoms with Crippen molar-refractivity contribution in [3.05, 3.63) is 88.6 Å². The number of hydrogen-bond donors (Lipinski definition) is 1. The first-order valence-electron chi connectivity index (χ1n) is 9.64. The molecule has 0 radical (unpaired) electrons. The predicted octanol–water partition coefficient (Wildman–Crippen LogP) is 4.48. The molecular weight excluding hydrogens is 394 g/mol. The molecule has 0 saturated heterocycles. The Labute approximate surface area is 181 Å². The van der Waals surface area contributed by atoms with Gasteiger partial charge in [-0.1, -0.05) is 36.0 Å². The first kappa shape index (κ1) is 21.6. The number of pyridine rings is 1. The van der Waals surface area contributed by atoms with Gasteiger partial charge in [-0.15, -0.1) is 0 Å². The molecule has 154 valence electrons. The van der Waals surface area contributed by atoms with Crippen molar-refractivity contribution in [3.8, 4) is 0 Å². The van der Waals surface area contributed by atoms with Crippen molar-refractivity contribution >= 4 is 23.6 Å². The van der Waals surface area contributed by atoms with Gasteiger partial charge in [0, 0.05) is 37.3 Å². The highest BCUT2D eigenvalue weighted by molar-refractivity contribution is 7.99. The van der Waals surface area contributed by atoms with Crippen LogP contribution in [-0.4, -0.2) is 35.8 Å². The fraction of sp³-hybridized carbons (Fsp3) is 0.208. The van der Waals surface area contributed by atoms with Gasteiger partial charge in [-0.05, 0) is 60.9 Å². The first-order valence-corrected chi connectivity index (χ1v) is 10.5. The van der Waals surface area contributed by atoms with E-state index in [1.807, 2.05) is 19.1 Å². The monoisotopic (exact) mass is 419 g/mol. The first-order chi connectivity index (χ1) is 14.3. The second kappa shape index (κ2) is 9.59. The lowest BCUT2D eigenvalue weighted by molar-refractivity contribution is 0.0827. The SMILES string of the molecule is Cc1ccc(C)c(Sc2ncccc2C(=O)NCc2ccc(C(=O)N(C)C)cc2)c1. The van der Waals surface area contributed by atoms with Crippen LogP contribution < -0.4 is 5.32 Å². The van der Waals surface area contributed by atoms with Crippen LogP contribution in [0.1, 0.15) is 37.4 Å². The molecule has 1 heterocycles. The molecule has 0 atom stereocenters. The third kappa shape index (κ3) is 5.27. The van der Waals surface area contributed by atoms with Gasteiger partial charge in [0.25, 0.3) is 11.8 Å². The van der Waals surface area contributed by atoms with Gasteiger partial charge in [0.1, 0.15) is 5.03 Å². The minimum Gasteiger partial charge on any atom is -0.348 e. The Kier molecular flexibility index (Phi) is 6.90. The van der Waals surface area contributed by atoms with E-state index in [-0.39, 0.29) is 11.8 Å². The third-order valence-electron chi connectivity index (χ3n) is 4.63. The number of amides is 2. The van der Waals surface area contributed by atoms with E-state index in [2.05, 4.69) is 35.4 Å². The zero-order valence-corrected chi connectivity index (χ0v) is 18.4. The van der Waals surface area contributed by atoms with Crippen LogP contribution in [0, 0.1) is 13.8 Å². The fourth-order valence-electron chi connectivity index (χ4n) is 2.87. The van der Waals surface area contributed by atoms with Crippen LogP contribution in [0.5, 0.6) is 0 Å². The predicted molar refractivity (Wildman–Crippen MR) is 120 cm³/mol. The third-order valence-corrected chi connectivity index (χ3v) is 5.80. The smallest absolute Gasteiger partial charge is 0.254 e. The molecule has 1 aromatic heterocycles. The van der Waals surface area contributed by atoms with Gasteiger partial charge >= 0.3 is 0 Å². The highest BCUT2D eigenvalue weighted by Gasteiger charge is 2.14. The van der Waals surface area contributed by atoms with E-state index < -0.39 is 0 Å². The number of rotatable bonds is 6. The average molecular weight is 420 g/mol. The van der Waals surface area contributed by atoms with Crippen molar-refractivity contribution in [1.82, 2.24) is 15.2 Å². The number of carbonyl (C=O) groups excluding carboxylic acids is 2. The summed E-state index contributed by atoms with van der Waals surface area (Å²) in [5.41, 5.74) is 4.40. The van der Waals surface area contributed by atoms with Crippen LogP contribution in [0.25, 0.3) is 0 Å². The minimum absolute atomic E-state index is 0.0472. The van der Waals surface area contributed by atoms with E-state index in [1.54, 1.807) is 44.6 Å². The van der Waals surface area contributed by atoms with Gasteiger partial charge in [0.2, 0.25) is 0 Å². The Bertz CT molecular complexity index is 1060. The summed E-state index contributed by atoms with van der Waals surface area (Å²) in [6.07, 6.45) is 1.70. The number of nitrogens with zero attached hydrogens (tertiary/aromatic N) is 2. The van der Waals surface area contributed by atoms with Crippen molar-refractivity contribution in [1.29, 1.82) is 0 Å². The second-order valence-electron chi connectivity index (χ2n) is 7.31. The van der Waals surface area contributed by atoms with Crippen molar-refractivity contribution in [2.45, 2.75) is 30.3 Å². The number of aryl methyl sites for hydroxylation is 2. The Morgan fingerprint density at radius 1 is 1.03 bits per heavy atom. The average Bonchev–Trinajstić information content (AvgIpc) is 2.74. The van der Waals surface area contributed by atoms with Crippen LogP contribution in [0.2, 0.25) is 0 Å². The van der Waals surface area contributed by atoms with Gasteiger partial charge in [0.15, 0.2) is 0 Å². The summed E-state index contributed by atoms with van der Waals surface area (Å²) in [4.78, 5) is 31.9. The topological polar surface area (TPSA) is 62.3 Å². The Morgan fingerprint density at radius 3 is 2.47 bits per heavy atom. The Morgan fingerprint density at radius 2 is 1.77 bits per heavy atom. The second-order valence-corrected chi connectivity index (χ2v) is 8.34. The van der Waals surface area contributed by atoms with E-state index in [1.165, 1.54) is 22.2 Å². The summed E-state index contributed by atoms with van der Waals surface area (Å²) in [7, 11) is 3.44. The Balaban J connectivity index is 1.70. The molecule has 0 fully saturated rings. The molecule has 0 saturated carbocycles. The molecule has 0 spiro atoms. The van der Waals surface area contributed by atoms with Crippen molar-refractivity contribution in [3.63, 3.8) is 0 Å². The van der Waals surface area contributed by atoms with Gasteiger partial charge in [-0.2, -0.15) is 0 Å². The molecule has 3 rings (SSSR count). The molecule has 0 unspecified atom stereocenters. The summed E-state index contributed by atoms with van der Waals surface area (Å²) < 4.78 is 0. The molecule has 0 bridgehead atoms. The normalized spacial score (nSPS) is 10.5. The molecule has 6 heteroatoms. The van der Waals surface area contributed by atoms with Crippen LogP contribution in [0.4, 0.5) is 0 Å². The highest BCUT2D eigenvalue weighted by atomic mass is 32.2. The molecule has 3 aromatic rings. The molecule has 0 aliphatic heterocycles. The molecule has 0 aliphatic rings. The quantitative estimate of drug-likeness (QED) is 0.640. The molecule has 30 heavy (non-hydrogen) atoms. The van der Waals surface area contributed by atoms with Crippen LogP contribution >= 0.6 is 11.8 Å². The molecule has 1 N–H and O–H groups in total. The van der Waals surface area contributed by atoms with Gasteiger partial charge in [-0.3, -0.25) is 9.59 Å². The molecule has 0 aliphatic carbocycles. The van der Waals surface area contributed by atoms with E-state index in [0.717, 1.165) is 16.0 Å². The summed E-state index contributed by atoms with van der Waals surface area (Å²) in [5.74, 6) is -0.224. The minimum atomic E-state index is -0.177. The number of benzene rings is 2. The van der Waals surface area contributed by atoms with Crippen LogP contribution in [0.3, 0.4) is 0 Å². The fourth-order valence-corrected chi connectivity index (χ4v) is 3.93. The number of aromatic nitrogens is 1. The van der Waals surface area contributed by atoms with Gasteiger partial charge in [0.05, 0.1) is 5.56 Å². The van der Waals surface area contributed by atoms with E-state index >= 15 is 0 Å². The lowest BCUT2D eigenvalue weighted by atomic mass is 10.1.